The fraction of sp³-hybridized carbons (Fsp3) is 0.125. The van der Waals surface area contributed by atoms with E-state index in [9.17, 15) is 14.7 Å². The average molecular weight is 540 g/mol. The molecule has 2 aromatic carbocycles. The number of benzene rings is 2. The van der Waals surface area contributed by atoms with E-state index in [2.05, 4.69) is 53.1 Å². The maximum Gasteiger partial charge on any atom is 0.326 e. The highest BCUT2D eigenvalue weighted by molar-refractivity contribution is 9.11. The van der Waals surface area contributed by atoms with Gasteiger partial charge in [-0.15, -0.1) is 0 Å². The van der Waals surface area contributed by atoms with Crippen molar-refractivity contribution < 1.29 is 14.7 Å². The normalized spacial score (nSPS) is 11.8. The van der Waals surface area contributed by atoms with Crippen molar-refractivity contribution in [3.05, 3.63) is 66.0 Å². The quantitative estimate of drug-likeness (QED) is 0.558. The van der Waals surface area contributed by atoms with Gasteiger partial charge < -0.3 is 10.4 Å². The average Bonchev–Trinajstić information content (AvgIpc) is 2.48. The Labute approximate surface area is 169 Å². The van der Waals surface area contributed by atoms with E-state index in [1.165, 1.54) is 0 Å². The Kier molecular flexibility index (Phi) is 6.86. The van der Waals surface area contributed by atoms with Crippen LogP contribution in [0.3, 0.4) is 0 Å². The minimum Gasteiger partial charge on any atom is -0.480 e. The molecule has 0 aliphatic rings. The highest BCUT2D eigenvalue weighted by atomic mass is 79.9. The molecule has 0 aliphatic carbocycles. The van der Waals surface area contributed by atoms with E-state index >= 15 is 0 Å². The molecule has 0 aromatic heterocycles. The van der Waals surface area contributed by atoms with Crippen molar-refractivity contribution in [1.29, 1.82) is 0 Å². The number of carbonyl (C=O) groups is 2. The van der Waals surface area contributed by atoms with Gasteiger partial charge in [-0.25, -0.2) is 4.79 Å². The molecule has 0 bridgehead atoms. The Morgan fingerprint density at radius 3 is 2.29 bits per heavy atom. The van der Waals surface area contributed by atoms with E-state index in [-0.39, 0.29) is 6.42 Å². The van der Waals surface area contributed by atoms with Crippen LogP contribution in [0.25, 0.3) is 0 Å². The first-order valence-corrected chi connectivity index (χ1v) is 9.45. The molecule has 0 saturated carbocycles. The van der Waals surface area contributed by atoms with E-state index < -0.39 is 17.9 Å². The summed E-state index contributed by atoms with van der Waals surface area (Å²) in [5.41, 5.74) is 1.05. The molecule has 4 nitrogen and oxygen atoms in total. The van der Waals surface area contributed by atoms with Gasteiger partial charge in [-0.3, -0.25) is 4.79 Å². The van der Waals surface area contributed by atoms with Gasteiger partial charge in [0.1, 0.15) is 6.04 Å². The summed E-state index contributed by atoms with van der Waals surface area (Å²) >= 11 is 15.9. The van der Waals surface area contributed by atoms with Crippen LogP contribution in [0.1, 0.15) is 15.9 Å². The van der Waals surface area contributed by atoms with E-state index in [1.807, 2.05) is 0 Å². The number of nitrogens with one attached hydrogen (secondary N) is 1. The molecule has 0 aliphatic heterocycles. The number of carboxylic acids is 1. The van der Waals surface area contributed by atoms with Gasteiger partial charge in [0, 0.05) is 30.4 Å². The van der Waals surface area contributed by atoms with Crippen molar-refractivity contribution in [2.45, 2.75) is 12.5 Å². The van der Waals surface area contributed by atoms with Crippen LogP contribution in [0.15, 0.2) is 49.8 Å². The second-order valence-electron chi connectivity index (χ2n) is 4.96. The molecule has 0 heterocycles. The van der Waals surface area contributed by atoms with Gasteiger partial charge in [0.25, 0.3) is 5.91 Å². The van der Waals surface area contributed by atoms with Gasteiger partial charge in [-0.1, -0.05) is 59.4 Å². The van der Waals surface area contributed by atoms with Gasteiger partial charge in [0.05, 0.1) is 0 Å². The van der Waals surface area contributed by atoms with Crippen molar-refractivity contribution in [1.82, 2.24) is 5.32 Å². The lowest BCUT2D eigenvalue weighted by molar-refractivity contribution is -0.139. The molecular weight excluding hydrogens is 529 g/mol. The molecule has 24 heavy (non-hydrogen) atoms. The molecule has 2 aromatic rings. The second kappa shape index (κ2) is 8.47. The van der Waals surface area contributed by atoms with Crippen molar-refractivity contribution in [3.8, 4) is 0 Å². The number of amides is 1. The van der Waals surface area contributed by atoms with Crippen LogP contribution in [0.5, 0.6) is 0 Å². The van der Waals surface area contributed by atoms with Crippen LogP contribution in [-0.2, 0) is 11.2 Å². The van der Waals surface area contributed by atoms with E-state index in [1.54, 1.807) is 36.4 Å². The van der Waals surface area contributed by atoms with E-state index in [4.69, 9.17) is 11.6 Å². The highest BCUT2D eigenvalue weighted by Gasteiger charge is 2.22. The molecule has 8 heteroatoms. The van der Waals surface area contributed by atoms with E-state index in [0.717, 1.165) is 4.47 Å². The summed E-state index contributed by atoms with van der Waals surface area (Å²) in [6.07, 6.45) is 0.109. The SMILES string of the molecule is O=C(N[C@@H](Cc1cc(Cl)ccc1Br)C(=O)O)c1cc(Br)cc(Br)c1. The van der Waals surface area contributed by atoms with Crippen molar-refractivity contribution >= 4 is 71.3 Å². The molecule has 2 rings (SSSR count). The third-order valence-electron chi connectivity index (χ3n) is 3.16. The maximum atomic E-state index is 12.4. The lowest BCUT2D eigenvalue weighted by atomic mass is 10.1. The standard InChI is InChI=1S/C16H11Br3ClNO3/c17-10-3-9(4-11(18)7-10)15(22)21-14(16(23)24)6-8-5-12(20)1-2-13(8)19/h1-5,7,14H,6H2,(H,21,22)(H,23,24)/t14-/m0/s1. The van der Waals surface area contributed by atoms with Gasteiger partial charge in [0.15, 0.2) is 0 Å². The lowest BCUT2D eigenvalue weighted by Gasteiger charge is -2.16. The summed E-state index contributed by atoms with van der Waals surface area (Å²) in [4.78, 5) is 23.9. The minimum atomic E-state index is -1.12. The molecular formula is C16H11Br3ClNO3. The van der Waals surface area contributed by atoms with Gasteiger partial charge >= 0.3 is 5.97 Å². The minimum absolute atomic E-state index is 0.109. The number of hydrogen-bond acceptors (Lipinski definition) is 2. The third kappa shape index (κ3) is 5.31. The molecule has 0 saturated heterocycles. The predicted octanol–water partition coefficient (Wildman–Crippen LogP) is 5.05. The Morgan fingerprint density at radius 1 is 1.08 bits per heavy atom. The second-order valence-corrected chi connectivity index (χ2v) is 8.08. The summed E-state index contributed by atoms with van der Waals surface area (Å²) in [6.45, 7) is 0. The largest absolute Gasteiger partial charge is 0.480 e. The molecule has 0 unspecified atom stereocenters. The lowest BCUT2D eigenvalue weighted by Crippen LogP contribution is -2.42. The van der Waals surface area contributed by atoms with Crippen LogP contribution >= 0.6 is 59.4 Å². The molecule has 1 atom stereocenters. The smallest absolute Gasteiger partial charge is 0.326 e. The molecule has 0 fully saturated rings. The van der Waals surface area contributed by atoms with Crippen LogP contribution in [-0.4, -0.2) is 23.0 Å². The van der Waals surface area contributed by atoms with Crippen LogP contribution in [0.2, 0.25) is 5.02 Å². The number of aliphatic carboxylic acids is 1. The Balaban J connectivity index is 2.20. The van der Waals surface area contributed by atoms with Crippen molar-refractivity contribution in [2.24, 2.45) is 0 Å². The number of halogens is 4. The summed E-state index contributed by atoms with van der Waals surface area (Å²) < 4.78 is 2.16. The number of carbonyl (C=O) groups excluding carboxylic acids is 1. The van der Waals surface area contributed by atoms with Gasteiger partial charge in [-0.05, 0) is 42.0 Å². The zero-order chi connectivity index (χ0) is 17.9. The first-order chi connectivity index (χ1) is 11.3. The van der Waals surface area contributed by atoms with Crippen molar-refractivity contribution in [2.75, 3.05) is 0 Å². The van der Waals surface area contributed by atoms with Crippen LogP contribution in [0.4, 0.5) is 0 Å². The molecule has 1 amide bonds. The van der Waals surface area contributed by atoms with Crippen LogP contribution in [0, 0.1) is 0 Å². The molecule has 0 spiro atoms. The first-order valence-electron chi connectivity index (χ1n) is 6.70. The Bertz CT molecular complexity index is 778. The fourth-order valence-corrected chi connectivity index (χ4v) is 3.94. The molecule has 0 radical (unpaired) electrons. The number of rotatable bonds is 5. The molecule has 2 N–H and O–H groups in total. The van der Waals surface area contributed by atoms with E-state index in [0.29, 0.717) is 25.1 Å². The first kappa shape index (κ1) is 19.4. The topological polar surface area (TPSA) is 66.4 Å². The summed E-state index contributed by atoms with van der Waals surface area (Å²) in [6, 6.07) is 9.05. The summed E-state index contributed by atoms with van der Waals surface area (Å²) in [5.74, 6) is -1.59. The monoisotopic (exact) mass is 537 g/mol. The van der Waals surface area contributed by atoms with Gasteiger partial charge in [-0.2, -0.15) is 0 Å². The fourth-order valence-electron chi connectivity index (χ4n) is 2.05. The number of hydrogen-bond donors (Lipinski definition) is 2. The summed E-state index contributed by atoms with van der Waals surface area (Å²) in [5, 5.41) is 12.5. The Hall–Kier alpha value is -0.890. The zero-order valence-electron chi connectivity index (χ0n) is 12.0. The Morgan fingerprint density at radius 2 is 1.71 bits per heavy atom. The van der Waals surface area contributed by atoms with Crippen LogP contribution < -0.4 is 5.32 Å². The highest BCUT2D eigenvalue weighted by Crippen LogP contribution is 2.23. The summed E-state index contributed by atoms with van der Waals surface area (Å²) in [7, 11) is 0. The molecule has 126 valence electrons. The zero-order valence-corrected chi connectivity index (χ0v) is 17.5. The number of carboxylic acid groups (broad SMARTS) is 1. The van der Waals surface area contributed by atoms with Gasteiger partial charge in [0.2, 0.25) is 0 Å². The third-order valence-corrected chi connectivity index (χ3v) is 5.08. The maximum absolute atomic E-state index is 12.4. The predicted molar refractivity (Wildman–Crippen MR) is 104 cm³/mol. The van der Waals surface area contributed by atoms with Crippen molar-refractivity contribution in [3.63, 3.8) is 0 Å².